The average Bonchev–Trinajstić information content (AvgIpc) is 3.32. The molecular formula is C20H22N2O. The van der Waals surface area contributed by atoms with E-state index in [-0.39, 0.29) is 0 Å². The summed E-state index contributed by atoms with van der Waals surface area (Å²) in [6, 6.07) is 8.41. The van der Waals surface area contributed by atoms with Crippen molar-refractivity contribution in [2.24, 2.45) is 5.92 Å². The first-order valence-electron chi connectivity index (χ1n) is 8.62. The van der Waals surface area contributed by atoms with Gasteiger partial charge in [-0.2, -0.15) is 0 Å². The van der Waals surface area contributed by atoms with E-state index in [1.807, 2.05) is 6.33 Å². The van der Waals surface area contributed by atoms with E-state index in [9.17, 15) is 0 Å². The van der Waals surface area contributed by atoms with Crippen molar-refractivity contribution in [1.29, 1.82) is 0 Å². The van der Waals surface area contributed by atoms with Crippen molar-refractivity contribution < 1.29 is 4.74 Å². The van der Waals surface area contributed by atoms with Gasteiger partial charge >= 0.3 is 0 Å². The highest BCUT2D eigenvalue weighted by molar-refractivity contribution is 5.59. The lowest BCUT2D eigenvalue weighted by molar-refractivity contribution is 0.00598. The maximum atomic E-state index is 5.80. The van der Waals surface area contributed by atoms with Gasteiger partial charge in [0.15, 0.2) is 0 Å². The van der Waals surface area contributed by atoms with Crippen LogP contribution in [0.3, 0.4) is 0 Å². The molecule has 1 aliphatic carbocycles. The summed E-state index contributed by atoms with van der Waals surface area (Å²) in [4.78, 5) is 4.54. The van der Waals surface area contributed by atoms with E-state index in [4.69, 9.17) is 4.74 Å². The second kappa shape index (κ2) is 6.60. The Bertz CT molecular complexity index is 710. The first-order valence-corrected chi connectivity index (χ1v) is 8.62. The van der Waals surface area contributed by atoms with Crippen LogP contribution in [0.4, 0.5) is 0 Å². The van der Waals surface area contributed by atoms with Gasteiger partial charge in [0.2, 0.25) is 0 Å². The molecule has 1 saturated heterocycles. The summed E-state index contributed by atoms with van der Waals surface area (Å²) in [7, 11) is 0. The Balaban J connectivity index is 1.42. The number of aromatic nitrogens is 2. The molecule has 0 bridgehead atoms. The maximum Gasteiger partial charge on any atom is 0.0954 e. The first kappa shape index (κ1) is 14.5. The molecule has 0 radical (unpaired) electrons. The van der Waals surface area contributed by atoms with Crippen LogP contribution in [0.25, 0.3) is 11.3 Å². The van der Waals surface area contributed by atoms with Crippen LogP contribution in [0.2, 0.25) is 0 Å². The van der Waals surface area contributed by atoms with Crippen LogP contribution in [-0.4, -0.2) is 22.3 Å². The summed E-state index contributed by atoms with van der Waals surface area (Å²) in [6.45, 7) is 1.80. The van der Waals surface area contributed by atoms with Crippen LogP contribution in [-0.2, 0) is 11.3 Å². The Morgan fingerprint density at radius 2 is 2.00 bits per heavy atom. The highest BCUT2D eigenvalue weighted by Gasteiger charge is 2.17. The number of benzene rings is 1. The summed E-state index contributed by atoms with van der Waals surface area (Å²) in [6.07, 6.45) is 10.5. The summed E-state index contributed by atoms with van der Waals surface area (Å²) < 4.78 is 7.94. The quantitative estimate of drug-likeness (QED) is 0.805. The van der Waals surface area contributed by atoms with Crippen LogP contribution < -0.4 is 0 Å². The van der Waals surface area contributed by atoms with Crippen LogP contribution in [0.5, 0.6) is 0 Å². The predicted octanol–water partition coefficient (Wildman–Crippen LogP) is 3.88. The molecule has 118 valence electrons. The lowest BCUT2D eigenvalue weighted by Gasteiger charge is -2.22. The first-order chi connectivity index (χ1) is 11.4. The van der Waals surface area contributed by atoms with E-state index < -0.39 is 0 Å². The molecule has 3 nitrogen and oxygen atoms in total. The Kier molecular flexibility index (Phi) is 4.17. The van der Waals surface area contributed by atoms with E-state index >= 15 is 0 Å². The van der Waals surface area contributed by atoms with Crippen LogP contribution in [0.1, 0.15) is 37.7 Å². The second-order valence-electron chi connectivity index (χ2n) is 6.57. The molecule has 3 heteroatoms. The Hall–Kier alpha value is -2.05. The number of imidazole rings is 1. The zero-order valence-electron chi connectivity index (χ0n) is 13.4. The van der Waals surface area contributed by atoms with Crippen LogP contribution in [0.15, 0.2) is 36.8 Å². The number of hydrogen-bond donors (Lipinski definition) is 0. The maximum absolute atomic E-state index is 5.80. The lowest BCUT2D eigenvalue weighted by Crippen LogP contribution is -2.23. The van der Waals surface area contributed by atoms with Gasteiger partial charge < -0.3 is 9.30 Å². The molecule has 4 rings (SSSR count). The minimum absolute atomic E-state index is 0.339. The fourth-order valence-corrected chi connectivity index (χ4v) is 2.93. The molecule has 0 spiro atoms. The third-order valence-electron chi connectivity index (χ3n) is 4.50. The molecule has 1 atom stereocenters. The van der Waals surface area contributed by atoms with Crippen LogP contribution >= 0.6 is 0 Å². The minimum atomic E-state index is 0.339. The zero-order chi connectivity index (χ0) is 15.5. The van der Waals surface area contributed by atoms with Crippen LogP contribution in [0, 0.1) is 17.8 Å². The molecule has 2 fully saturated rings. The van der Waals surface area contributed by atoms with E-state index in [0.29, 0.717) is 12.0 Å². The van der Waals surface area contributed by atoms with E-state index in [2.05, 4.69) is 51.9 Å². The van der Waals surface area contributed by atoms with Gasteiger partial charge in [0.25, 0.3) is 0 Å². The fourth-order valence-electron chi connectivity index (χ4n) is 2.93. The Morgan fingerprint density at radius 3 is 2.74 bits per heavy atom. The molecule has 1 saturated carbocycles. The van der Waals surface area contributed by atoms with E-state index in [1.54, 1.807) is 0 Å². The molecule has 2 heterocycles. The van der Waals surface area contributed by atoms with Crippen molar-refractivity contribution in [2.45, 2.75) is 44.8 Å². The summed E-state index contributed by atoms with van der Waals surface area (Å²) in [5, 5.41) is 0. The van der Waals surface area contributed by atoms with Gasteiger partial charge in [-0.1, -0.05) is 24.0 Å². The second-order valence-corrected chi connectivity index (χ2v) is 6.57. The lowest BCUT2D eigenvalue weighted by atomic mass is 10.1. The largest absolute Gasteiger partial charge is 0.376 e. The zero-order valence-corrected chi connectivity index (χ0v) is 13.4. The molecule has 0 N–H and O–H groups in total. The van der Waals surface area contributed by atoms with Crippen molar-refractivity contribution in [3.63, 3.8) is 0 Å². The number of nitrogens with zero attached hydrogens (tertiary/aromatic N) is 2. The van der Waals surface area contributed by atoms with Gasteiger partial charge in [-0.05, 0) is 44.2 Å². The Morgan fingerprint density at radius 1 is 1.13 bits per heavy atom. The third kappa shape index (κ3) is 3.83. The topological polar surface area (TPSA) is 27.1 Å². The molecule has 0 amide bonds. The molecule has 1 aromatic carbocycles. The van der Waals surface area contributed by atoms with Gasteiger partial charge in [0.1, 0.15) is 0 Å². The molecule has 2 aliphatic rings. The van der Waals surface area contributed by atoms with Gasteiger partial charge in [-0.15, -0.1) is 0 Å². The molecule has 0 unspecified atom stereocenters. The normalized spacial score (nSPS) is 20.8. The molecule has 1 aliphatic heterocycles. The number of hydrogen-bond acceptors (Lipinski definition) is 2. The number of rotatable bonds is 3. The van der Waals surface area contributed by atoms with Gasteiger partial charge in [0.05, 0.1) is 18.1 Å². The van der Waals surface area contributed by atoms with Crippen molar-refractivity contribution in [3.8, 4) is 23.1 Å². The molecule has 1 aromatic heterocycles. The van der Waals surface area contributed by atoms with Crippen molar-refractivity contribution in [2.75, 3.05) is 6.61 Å². The summed E-state index contributed by atoms with van der Waals surface area (Å²) in [5.41, 5.74) is 3.25. The Labute approximate surface area is 137 Å². The van der Waals surface area contributed by atoms with Gasteiger partial charge in [-0.3, -0.25) is 0 Å². The van der Waals surface area contributed by atoms with E-state index in [1.165, 1.54) is 25.7 Å². The molecule has 23 heavy (non-hydrogen) atoms. The summed E-state index contributed by atoms with van der Waals surface area (Å²) in [5.74, 6) is 7.20. The minimum Gasteiger partial charge on any atom is -0.376 e. The van der Waals surface area contributed by atoms with E-state index in [0.717, 1.165) is 36.4 Å². The predicted molar refractivity (Wildman–Crippen MR) is 90.9 cm³/mol. The number of ether oxygens (including phenoxy) is 1. The monoisotopic (exact) mass is 306 g/mol. The van der Waals surface area contributed by atoms with Gasteiger partial charge in [0, 0.05) is 36.4 Å². The standard InChI is InChI=1S/C20H22N2O/c1-2-12-23-19(3-1)13-22-14-20(21-15-22)18-10-8-17(9-11-18)7-6-16-4-5-16/h8-11,14-16,19H,1-5,12-13H2/t19-/m1/s1. The highest BCUT2D eigenvalue weighted by Crippen LogP contribution is 2.27. The average molecular weight is 306 g/mol. The third-order valence-corrected chi connectivity index (χ3v) is 4.50. The molecule has 2 aromatic rings. The SMILES string of the molecule is C(#CC1CC1)c1ccc(-c2cn(C[C@H]3CCCCO3)cn2)cc1. The van der Waals surface area contributed by atoms with Crippen molar-refractivity contribution in [3.05, 3.63) is 42.4 Å². The van der Waals surface area contributed by atoms with Crippen molar-refractivity contribution >= 4 is 0 Å². The highest BCUT2D eigenvalue weighted by atomic mass is 16.5. The van der Waals surface area contributed by atoms with Crippen molar-refractivity contribution in [1.82, 2.24) is 9.55 Å². The van der Waals surface area contributed by atoms with Gasteiger partial charge in [-0.25, -0.2) is 4.98 Å². The smallest absolute Gasteiger partial charge is 0.0954 e. The molecular weight excluding hydrogens is 284 g/mol. The summed E-state index contributed by atoms with van der Waals surface area (Å²) >= 11 is 0. The fraction of sp³-hybridized carbons (Fsp3) is 0.450.